The highest BCUT2D eigenvalue weighted by Gasteiger charge is 2.61. The van der Waals surface area contributed by atoms with Crippen LogP contribution < -0.4 is 0 Å². The van der Waals surface area contributed by atoms with E-state index in [9.17, 15) is 10.4 Å². The molecule has 102 valence electrons. The summed E-state index contributed by atoms with van der Waals surface area (Å²) in [4.78, 5) is 0. The lowest BCUT2D eigenvalue weighted by molar-refractivity contribution is -0.137. The molecule has 0 saturated heterocycles. The Kier molecular flexibility index (Phi) is 3.49. The smallest absolute Gasteiger partial charge is 0.0883 e. The average Bonchev–Trinajstić information content (AvgIpc) is 2.65. The summed E-state index contributed by atoms with van der Waals surface area (Å²) in [5.41, 5.74) is -1.37. The Labute approximate surface area is 111 Å². The number of nitriles is 1. The van der Waals surface area contributed by atoms with E-state index in [4.69, 9.17) is 0 Å². The van der Waals surface area contributed by atoms with Gasteiger partial charge in [-0.25, -0.2) is 0 Å². The topological polar surface area (TPSA) is 44.0 Å². The van der Waals surface area contributed by atoms with Crippen LogP contribution >= 0.6 is 0 Å². The van der Waals surface area contributed by atoms with Crippen LogP contribution in [0.2, 0.25) is 0 Å². The second kappa shape index (κ2) is 4.53. The largest absolute Gasteiger partial charge is 0.388 e. The minimum atomic E-state index is -0.770. The van der Waals surface area contributed by atoms with Gasteiger partial charge in [0.15, 0.2) is 0 Å². The van der Waals surface area contributed by atoms with Crippen LogP contribution in [-0.4, -0.2) is 10.7 Å². The fourth-order valence-corrected chi connectivity index (χ4v) is 4.41. The van der Waals surface area contributed by atoms with E-state index in [-0.39, 0.29) is 5.41 Å². The van der Waals surface area contributed by atoms with Gasteiger partial charge in [-0.15, -0.1) is 0 Å². The zero-order valence-electron chi connectivity index (χ0n) is 12.1. The van der Waals surface area contributed by atoms with Gasteiger partial charge in [-0.05, 0) is 56.3 Å². The molecule has 2 heteroatoms. The summed E-state index contributed by atoms with van der Waals surface area (Å²) < 4.78 is 0. The first-order chi connectivity index (χ1) is 8.41. The van der Waals surface area contributed by atoms with Crippen molar-refractivity contribution in [2.75, 3.05) is 0 Å². The van der Waals surface area contributed by atoms with E-state index in [1.807, 2.05) is 0 Å². The molecule has 1 atom stereocenters. The molecule has 0 radical (unpaired) electrons. The molecule has 2 nitrogen and oxygen atoms in total. The normalized spacial score (nSPS) is 43.6. The molecule has 0 aromatic heterocycles. The maximum atomic E-state index is 11.2. The van der Waals surface area contributed by atoms with E-state index in [2.05, 4.69) is 26.8 Å². The summed E-state index contributed by atoms with van der Waals surface area (Å²) in [6.07, 6.45) is 8.14. The van der Waals surface area contributed by atoms with E-state index in [1.165, 1.54) is 6.42 Å². The Morgan fingerprint density at radius 3 is 2.17 bits per heavy atom. The molecule has 2 fully saturated rings. The maximum absolute atomic E-state index is 11.2. The minimum absolute atomic E-state index is 0.109. The molecule has 0 heterocycles. The summed E-state index contributed by atoms with van der Waals surface area (Å²) in [7, 11) is 0. The SMILES string of the molecule is CCC1CCC(C#N)(C2(O)CCCC2(C)C)CC1. The van der Waals surface area contributed by atoms with Gasteiger partial charge in [0.25, 0.3) is 0 Å². The third-order valence-corrected chi connectivity index (χ3v) is 6.00. The number of rotatable bonds is 2. The van der Waals surface area contributed by atoms with Gasteiger partial charge < -0.3 is 5.11 Å². The summed E-state index contributed by atoms with van der Waals surface area (Å²) >= 11 is 0. The highest BCUT2D eigenvalue weighted by atomic mass is 16.3. The van der Waals surface area contributed by atoms with E-state index >= 15 is 0 Å². The lowest BCUT2D eigenvalue weighted by Gasteiger charge is -2.51. The predicted molar refractivity (Wildman–Crippen MR) is 72.9 cm³/mol. The molecule has 0 amide bonds. The van der Waals surface area contributed by atoms with Crippen LogP contribution in [0.15, 0.2) is 0 Å². The van der Waals surface area contributed by atoms with Crippen molar-refractivity contribution >= 4 is 0 Å². The van der Waals surface area contributed by atoms with Crippen molar-refractivity contribution in [1.82, 2.24) is 0 Å². The Balaban J connectivity index is 2.27. The first-order valence-electron chi connectivity index (χ1n) is 7.54. The maximum Gasteiger partial charge on any atom is 0.0883 e. The van der Waals surface area contributed by atoms with E-state index < -0.39 is 11.0 Å². The molecule has 1 N–H and O–H groups in total. The van der Waals surface area contributed by atoms with Crippen LogP contribution in [0.5, 0.6) is 0 Å². The molecular weight excluding hydrogens is 222 g/mol. The second-order valence-electron chi connectivity index (χ2n) is 7.14. The van der Waals surface area contributed by atoms with Crippen LogP contribution in [0.3, 0.4) is 0 Å². The van der Waals surface area contributed by atoms with E-state index in [1.54, 1.807) is 0 Å². The molecule has 0 bridgehead atoms. The lowest BCUT2D eigenvalue weighted by Crippen LogP contribution is -2.55. The Bertz CT molecular complexity index is 347. The fraction of sp³-hybridized carbons (Fsp3) is 0.938. The Morgan fingerprint density at radius 1 is 1.17 bits per heavy atom. The van der Waals surface area contributed by atoms with Gasteiger partial charge in [-0.1, -0.05) is 27.2 Å². The Morgan fingerprint density at radius 2 is 1.78 bits per heavy atom. The van der Waals surface area contributed by atoms with Crippen molar-refractivity contribution < 1.29 is 5.11 Å². The van der Waals surface area contributed by atoms with Crippen molar-refractivity contribution in [3.63, 3.8) is 0 Å². The average molecular weight is 249 g/mol. The fourth-order valence-electron chi connectivity index (χ4n) is 4.41. The van der Waals surface area contributed by atoms with E-state index in [0.717, 1.165) is 50.9 Å². The number of aliphatic hydroxyl groups is 1. The van der Waals surface area contributed by atoms with Crippen LogP contribution in [0.25, 0.3) is 0 Å². The van der Waals surface area contributed by atoms with Crippen molar-refractivity contribution in [3.8, 4) is 6.07 Å². The molecule has 2 saturated carbocycles. The summed E-state index contributed by atoms with van der Waals surface area (Å²) in [6.45, 7) is 6.52. The molecule has 0 aromatic rings. The predicted octanol–water partition coefficient (Wildman–Crippen LogP) is 4.04. The van der Waals surface area contributed by atoms with Gasteiger partial charge in [-0.2, -0.15) is 5.26 Å². The van der Waals surface area contributed by atoms with Crippen molar-refractivity contribution in [2.45, 2.75) is 77.7 Å². The van der Waals surface area contributed by atoms with Crippen molar-refractivity contribution in [2.24, 2.45) is 16.7 Å². The van der Waals surface area contributed by atoms with Crippen LogP contribution in [0, 0.1) is 28.1 Å². The lowest BCUT2D eigenvalue weighted by atomic mass is 9.55. The minimum Gasteiger partial charge on any atom is -0.388 e. The molecule has 2 aliphatic carbocycles. The summed E-state index contributed by atoms with van der Waals surface area (Å²) in [5.74, 6) is 0.764. The summed E-state index contributed by atoms with van der Waals surface area (Å²) in [5, 5.41) is 21.0. The molecule has 0 aliphatic heterocycles. The Hall–Kier alpha value is -0.550. The van der Waals surface area contributed by atoms with Crippen LogP contribution in [-0.2, 0) is 0 Å². The number of hydrogen-bond acceptors (Lipinski definition) is 2. The molecule has 18 heavy (non-hydrogen) atoms. The zero-order valence-corrected chi connectivity index (χ0v) is 12.1. The highest BCUT2D eigenvalue weighted by molar-refractivity contribution is 5.19. The molecular formula is C16H27NO. The standard InChI is InChI=1S/C16H27NO/c1-4-13-6-10-15(12-17,11-7-13)16(18)9-5-8-14(16,2)3/h13,18H,4-11H2,1-3H3. The number of nitrogens with zero attached hydrogens (tertiary/aromatic N) is 1. The monoisotopic (exact) mass is 249 g/mol. The molecule has 1 unspecified atom stereocenters. The van der Waals surface area contributed by atoms with Gasteiger partial charge in [0.05, 0.1) is 17.1 Å². The van der Waals surface area contributed by atoms with Crippen molar-refractivity contribution in [3.05, 3.63) is 0 Å². The van der Waals surface area contributed by atoms with Gasteiger partial charge in [0, 0.05) is 0 Å². The molecule has 2 rings (SSSR count). The molecule has 0 aromatic carbocycles. The molecule has 2 aliphatic rings. The first kappa shape index (κ1) is 13.9. The second-order valence-corrected chi connectivity index (χ2v) is 7.14. The van der Waals surface area contributed by atoms with Gasteiger partial charge >= 0.3 is 0 Å². The van der Waals surface area contributed by atoms with Gasteiger partial charge in [0.1, 0.15) is 0 Å². The van der Waals surface area contributed by atoms with Gasteiger partial charge in [-0.3, -0.25) is 0 Å². The highest BCUT2D eigenvalue weighted by Crippen LogP contribution is 2.60. The van der Waals surface area contributed by atoms with Gasteiger partial charge in [0.2, 0.25) is 0 Å². The summed E-state index contributed by atoms with van der Waals surface area (Å²) in [6, 6.07) is 2.55. The van der Waals surface area contributed by atoms with E-state index in [0.29, 0.717) is 0 Å². The third kappa shape index (κ3) is 1.79. The zero-order chi connectivity index (χ0) is 13.4. The van der Waals surface area contributed by atoms with Crippen LogP contribution in [0.1, 0.15) is 72.1 Å². The third-order valence-electron chi connectivity index (χ3n) is 6.00. The first-order valence-corrected chi connectivity index (χ1v) is 7.54. The van der Waals surface area contributed by atoms with Crippen LogP contribution in [0.4, 0.5) is 0 Å². The van der Waals surface area contributed by atoms with Crippen molar-refractivity contribution in [1.29, 1.82) is 5.26 Å². The molecule has 0 spiro atoms. The quantitative estimate of drug-likeness (QED) is 0.802. The number of hydrogen-bond donors (Lipinski definition) is 1.